The van der Waals surface area contributed by atoms with Crippen molar-refractivity contribution in [3.8, 4) is 11.5 Å². The molecule has 8 nitrogen and oxygen atoms in total. The average Bonchev–Trinajstić information content (AvgIpc) is 2.65. The normalized spacial score (nSPS) is 10.9. The fourth-order valence-corrected chi connectivity index (χ4v) is 2.77. The number of carbonyl (C=O) groups excluding carboxylic acids is 1. The number of hydrazone groups is 1. The van der Waals surface area contributed by atoms with Crippen molar-refractivity contribution in [3.63, 3.8) is 0 Å². The lowest BCUT2D eigenvalue weighted by molar-refractivity contribution is -0.385. The molecule has 0 bridgehead atoms. The van der Waals surface area contributed by atoms with Crippen LogP contribution in [0.15, 0.2) is 41.5 Å². The SMILES string of the molecule is CCOc1cc(/C=N/NC(=O)Cc2ccccc2[N+](=O)[O-])cc(Cl)c1OC(C)C. The van der Waals surface area contributed by atoms with Crippen molar-refractivity contribution in [1.29, 1.82) is 0 Å². The van der Waals surface area contributed by atoms with E-state index in [0.29, 0.717) is 34.3 Å². The van der Waals surface area contributed by atoms with Crippen LogP contribution in [-0.2, 0) is 11.2 Å². The van der Waals surface area contributed by atoms with Gasteiger partial charge in [0, 0.05) is 11.6 Å². The number of benzene rings is 2. The van der Waals surface area contributed by atoms with Gasteiger partial charge in [-0.3, -0.25) is 14.9 Å². The van der Waals surface area contributed by atoms with Gasteiger partial charge in [0.15, 0.2) is 11.5 Å². The second-order valence-electron chi connectivity index (χ2n) is 6.29. The summed E-state index contributed by atoms with van der Waals surface area (Å²) in [6.45, 7) is 6.04. The van der Waals surface area contributed by atoms with Gasteiger partial charge in [-0.1, -0.05) is 29.8 Å². The third-order valence-electron chi connectivity index (χ3n) is 3.63. The van der Waals surface area contributed by atoms with E-state index in [9.17, 15) is 14.9 Å². The number of nitro benzene ring substituents is 1. The maximum atomic E-state index is 12.1. The zero-order valence-corrected chi connectivity index (χ0v) is 17.1. The zero-order valence-electron chi connectivity index (χ0n) is 16.3. The van der Waals surface area contributed by atoms with E-state index in [1.54, 1.807) is 24.3 Å². The Balaban J connectivity index is 2.10. The molecule has 0 aliphatic heterocycles. The van der Waals surface area contributed by atoms with Crippen molar-refractivity contribution in [2.75, 3.05) is 6.61 Å². The van der Waals surface area contributed by atoms with E-state index in [0.717, 1.165) is 0 Å². The molecular weight excluding hydrogens is 398 g/mol. The van der Waals surface area contributed by atoms with Gasteiger partial charge >= 0.3 is 0 Å². The Morgan fingerprint density at radius 1 is 1.34 bits per heavy atom. The number of rotatable bonds is 9. The molecule has 0 aliphatic carbocycles. The van der Waals surface area contributed by atoms with Gasteiger partial charge < -0.3 is 9.47 Å². The van der Waals surface area contributed by atoms with Crippen molar-refractivity contribution in [3.05, 3.63) is 62.7 Å². The van der Waals surface area contributed by atoms with Crippen LogP contribution in [0, 0.1) is 10.1 Å². The first-order chi connectivity index (χ1) is 13.8. The van der Waals surface area contributed by atoms with Gasteiger partial charge in [-0.2, -0.15) is 5.10 Å². The van der Waals surface area contributed by atoms with E-state index in [1.165, 1.54) is 18.3 Å². The highest BCUT2D eigenvalue weighted by molar-refractivity contribution is 6.32. The van der Waals surface area contributed by atoms with Crippen LogP contribution in [-0.4, -0.2) is 29.8 Å². The van der Waals surface area contributed by atoms with Crippen LogP contribution in [0.5, 0.6) is 11.5 Å². The second-order valence-corrected chi connectivity index (χ2v) is 6.69. The third-order valence-corrected chi connectivity index (χ3v) is 3.91. The highest BCUT2D eigenvalue weighted by atomic mass is 35.5. The zero-order chi connectivity index (χ0) is 21.4. The number of hydrogen-bond acceptors (Lipinski definition) is 6. The van der Waals surface area contributed by atoms with E-state index >= 15 is 0 Å². The molecule has 9 heteroatoms. The number of nitrogens with one attached hydrogen (secondary N) is 1. The van der Waals surface area contributed by atoms with Gasteiger partial charge in [0.2, 0.25) is 5.91 Å². The van der Waals surface area contributed by atoms with E-state index < -0.39 is 10.8 Å². The lowest BCUT2D eigenvalue weighted by atomic mass is 10.1. The van der Waals surface area contributed by atoms with Crippen molar-refractivity contribution in [1.82, 2.24) is 5.43 Å². The number of para-hydroxylation sites is 1. The summed E-state index contributed by atoms with van der Waals surface area (Å²) >= 11 is 6.29. The molecule has 29 heavy (non-hydrogen) atoms. The summed E-state index contributed by atoms with van der Waals surface area (Å²) in [6, 6.07) is 9.40. The second kappa shape index (κ2) is 10.4. The smallest absolute Gasteiger partial charge is 0.273 e. The number of nitrogens with zero attached hydrogens (tertiary/aromatic N) is 2. The van der Waals surface area contributed by atoms with Crippen LogP contribution in [0.2, 0.25) is 5.02 Å². The molecule has 0 aliphatic rings. The number of nitro groups is 1. The minimum atomic E-state index is -0.524. The Labute approximate surface area is 173 Å². The first-order valence-corrected chi connectivity index (χ1v) is 9.36. The summed E-state index contributed by atoms with van der Waals surface area (Å²) in [5, 5.41) is 15.3. The molecule has 1 N–H and O–H groups in total. The predicted octanol–water partition coefficient (Wildman–Crippen LogP) is 4.13. The minimum absolute atomic E-state index is 0.0763. The fourth-order valence-electron chi connectivity index (χ4n) is 2.51. The standard InChI is InChI=1S/C20H22ClN3O5/c1-4-28-18-10-14(9-16(21)20(18)29-13(2)3)12-22-23-19(25)11-15-7-5-6-8-17(15)24(26)27/h5-10,12-13H,4,11H2,1-3H3,(H,23,25)/b22-12+. The molecule has 0 atom stereocenters. The van der Waals surface area contributed by atoms with Gasteiger partial charge in [0.1, 0.15) is 0 Å². The molecule has 0 aromatic heterocycles. The van der Waals surface area contributed by atoms with Crippen LogP contribution in [0.4, 0.5) is 5.69 Å². The van der Waals surface area contributed by atoms with Gasteiger partial charge in [-0.05, 0) is 38.5 Å². The molecule has 1 amide bonds. The largest absolute Gasteiger partial charge is 0.490 e. The molecule has 0 spiro atoms. The summed E-state index contributed by atoms with van der Waals surface area (Å²) in [4.78, 5) is 22.6. The summed E-state index contributed by atoms with van der Waals surface area (Å²) in [5.74, 6) is 0.439. The van der Waals surface area contributed by atoms with Crippen LogP contribution in [0.3, 0.4) is 0 Å². The maximum Gasteiger partial charge on any atom is 0.273 e. The topological polar surface area (TPSA) is 103 Å². The lowest BCUT2D eigenvalue weighted by Crippen LogP contribution is -2.20. The number of amides is 1. The van der Waals surface area contributed by atoms with Crippen LogP contribution >= 0.6 is 11.6 Å². The maximum absolute atomic E-state index is 12.1. The Morgan fingerprint density at radius 3 is 2.72 bits per heavy atom. The number of hydrogen-bond donors (Lipinski definition) is 1. The van der Waals surface area contributed by atoms with Crippen molar-refractivity contribution < 1.29 is 19.2 Å². The van der Waals surface area contributed by atoms with Gasteiger partial charge in [0.25, 0.3) is 5.69 Å². The Bertz CT molecular complexity index is 915. The molecule has 154 valence electrons. The summed E-state index contributed by atoms with van der Waals surface area (Å²) in [5.41, 5.74) is 3.15. The predicted molar refractivity (Wildman–Crippen MR) is 111 cm³/mol. The third kappa shape index (κ3) is 6.46. The first-order valence-electron chi connectivity index (χ1n) is 8.99. The van der Waals surface area contributed by atoms with Crippen LogP contribution in [0.25, 0.3) is 0 Å². The van der Waals surface area contributed by atoms with Crippen molar-refractivity contribution in [2.45, 2.75) is 33.3 Å². The molecule has 0 radical (unpaired) electrons. The lowest BCUT2D eigenvalue weighted by Gasteiger charge is -2.16. The van der Waals surface area contributed by atoms with E-state index in [-0.39, 0.29) is 18.2 Å². The molecule has 2 aromatic rings. The van der Waals surface area contributed by atoms with Gasteiger partial charge in [-0.25, -0.2) is 5.43 Å². The van der Waals surface area contributed by atoms with E-state index in [1.807, 2.05) is 20.8 Å². The fraction of sp³-hybridized carbons (Fsp3) is 0.300. The van der Waals surface area contributed by atoms with Crippen molar-refractivity contribution in [2.24, 2.45) is 5.10 Å². The van der Waals surface area contributed by atoms with E-state index in [4.69, 9.17) is 21.1 Å². The Morgan fingerprint density at radius 2 is 2.07 bits per heavy atom. The molecule has 0 fully saturated rings. The molecule has 0 heterocycles. The number of carbonyl (C=O) groups is 1. The summed E-state index contributed by atoms with van der Waals surface area (Å²) < 4.78 is 11.3. The summed E-state index contributed by atoms with van der Waals surface area (Å²) in [7, 11) is 0. The average molecular weight is 420 g/mol. The number of ether oxygens (including phenoxy) is 2. The molecule has 2 rings (SSSR count). The Hall–Kier alpha value is -3.13. The monoisotopic (exact) mass is 419 g/mol. The Kier molecular flexibility index (Phi) is 7.97. The molecule has 0 saturated heterocycles. The minimum Gasteiger partial charge on any atom is -0.490 e. The van der Waals surface area contributed by atoms with E-state index in [2.05, 4.69) is 10.5 Å². The molecule has 0 saturated carbocycles. The van der Waals surface area contributed by atoms with Crippen LogP contribution in [0.1, 0.15) is 31.9 Å². The quantitative estimate of drug-likeness (QED) is 0.374. The summed E-state index contributed by atoms with van der Waals surface area (Å²) in [6.07, 6.45) is 1.17. The van der Waals surface area contributed by atoms with Crippen molar-refractivity contribution >= 4 is 29.4 Å². The molecular formula is C20H22ClN3O5. The highest BCUT2D eigenvalue weighted by Gasteiger charge is 2.16. The molecule has 0 unspecified atom stereocenters. The van der Waals surface area contributed by atoms with Gasteiger partial charge in [0.05, 0.1) is 35.3 Å². The highest BCUT2D eigenvalue weighted by Crippen LogP contribution is 2.37. The number of halogens is 1. The van der Waals surface area contributed by atoms with Gasteiger partial charge in [-0.15, -0.1) is 0 Å². The molecule has 2 aromatic carbocycles. The first kappa shape index (κ1) is 22.2. The van der Waals surface area contributed by atoms with Crippen LogP contribution < -0.4 is 14.9 Å².